The highest BCUT2D eigenvalue weighted by atomic mass is 35.5. The van der Waals surface area contributed by atoms with Gasteiger partial charge in [0.15, 0.2) is 16.7 Å². The van der Waals surface area contributed by atoms with E-state index in [-0.39, 0.29) is 6.04 Å². The van der Waals surface area contributed by atoms with Crippen molar-refractivity contribution in [3.05, 3.63) is 63.9 Å². The molecule has 2 unspecified atom stereocenters. The molecular formula is C32H44ClN3O2. The Morgan fingerprint density at radius 3 is 2.32 bits per heavy atom. The number of rotatable bonds is 11. The van der Waals surface area contributed by atoms with Crippen LogP contribution in [0.5, 0.6) is 11.5 Å². The van der Waals surface area contributed by atoms with E-state index in [4.69, 9.17) is 26.1 Å². The van der Waals surface area contributed by atoms with Crippen LogP contribution in [0.1, 0.15) is 88.2 Å². The van der Waals surface area contributed by atoms with E-state index >= 15 is 0 Å². The minimum Gasteiger partial charge on any atom is -0.493 e. The zero-order valence-corrected chi connectivity index (χ0v) is 24.8. The van der Waals surface area contributed by atoms with Gasteiger partial charge in [0.1, 0.15) is 5.82 Å². The molecule has 5 nitrogen and oxygen atoms in total. The molecule has 0 radical (unpaired) electrons. The normalized spacial score (nSPS) is 18.1. The molecule has 2 aromatic carbocycles. The van der Waals surface area contributed by atoms with Crippen LogP contribution in [0.25, 0.3) is 11.4 Å². The fraction of sp³-hybridized carbons (Fsp3) is 0.531. The van der Waals surface area contributed by atoms with E-state index in [0.29, 0.717) is 11.2 Å². The van der Waals surface area contributed by atoms with Crippen LogP contribution in [-0.4, -0.2) is 34.7 Å². The molecule has 4 rings (SSSR count). The summed E-state index contributed by atoms with van der Waals surface area (Å²) in [6.07, 6.45) is 7.65. The van der Waals surface area contributed by atoms with Crippen molar-refractivity contribution < 1.29 is 9.47 Å². The summed E-state index contributed by atoms with van der Waals surface area (Å²) in [6.45, 7) is 10.7. The number of halogens is 1. The summed E-state index contributed by atoms with van der Waals surface area (Å²) < 4.78 is 13.6. The Labute approximate surface area is 234 Å². The Balaban J connectivity index is 1.78. The van der Waals surface area contributed by atoms with Crippen molar-refractivity contribution in [2.75, 3.05) is 14.2 Å². The lowest BCUT2D eigenvalue weighted by atomic mass is 9.91. The lowest BCUT2D eigenvalue weighted by Crippen LogP contribution is -2.40. The lowest BCUT2D eigenvalue weighted by molar-refractivity contribution is 0.0815. The first-order chi connectivity index (χ1) is 18.5. The average molecular weight is 538 g/mol. The summed E-state index contributed by atoms with van der Waals surface area (Å²) in [7, 11) is 3.39. The van der Waals surface area contributed by atoms with Gasteiger partial charge < -0.3 is 14.0 Å². The van der Waals surface area contributed by atoms with Crippen molar-refractivity contribution in [2.45, 2.75) is 97.8 Å². The van der Waals surface area contributed by atoms with E-state index in [2.05, 4.69) is 67.5 Å². The van der Waals surface area contributed by atoms with E-state index in [9.17, 15) is 0 Å². The number of aromatic nitrogens is 2. The van der Waals surface area contributed by atoms with Crippen LogP contribution in [0.3, 0.4) is 0 Å². The molecule has 1 fully saturated rings. The minimum atomic E-state index is 0.279. The Morgan fingerprint density at radius 1 is 0.974 bits per heavy atom. The molecule has 3 aromatic rings. The second kappa shape index (κ2) is 13.0. The van der Waals surface area contributed by atoms with Crippen LogP contribution in [-0.2, 0) is 25.9 Å². The maximum Gasteiger partial charge on any atom is 0.161 e. The number of hydrogen-bond donors (Lipinski definition) is 0. The van der Waals surface area contributed by atoms with Gasteiger partial charge in [0, 0.05) is 30.7 Å². The molecule has 0 bridgehead atoms. The summed E-state index contributed by atoms with van der Waals surface area (Å²) in [5.41, 5.74) is 6.33. The fourth-order valence-corrected chi connectivity index (χ4v) is 6.23. The van der Waals surface area contributed by atoms with E-state index in [0.717, 1.165) is 68.2 Å². The summed E-state index contributed by atoms with van der Waals surface area (Å²) in [4.78, 5) is 7.67. The summed E-state index contributed by atoms with van der Waals surface area (Å²) >= 11 is 7.02. The number of hydrogen-bond acceptors (Lipinski definition) is 4. The number of methoxy groups -OCH3 is 2. The first-order valence-electron chi connectivity index (χ1n) is 14.3. The van der Waals surface area contributed by atoms with Gasteiger partial charge in [-0.2, -0.15) is 0 Å². The predicted molar refractivity (Wildman–Crippen MR) is 157 cm³/mol. The number of piperidine rings is 1. The zero-order chi connectivity index (χ0) is 27.2. The van der Waals surface area contributed by atoms with Gasteiger partial charge >= 0.3 is 0 Å². The van der Waals surface area contributed by atoms with Crippen LogP contribution in [0.2, 0.25) is 5.15 Å². The average Bonchev–Trinajstić information content (AvgIpc) is 3.25. The molecule has 1 aliphatic heterocycles. The van der Waals surface area contributed by atoms with E-state index < -0.39 is 0 Å². The molecule has 1 saturated heterocycles. The van der Waals surface area contributed by atoms with Crippen molar-refractivity contribution in [2.24, 2.45) is 0 Å². The molecular weight excluding hydrogens is 494 g/mol. The van der Waals surface area contributed by atoms with Crippen LogP contribution >= 0.6 is 11.6 Å². The van der Waals surface area contributed by atoms with Gasteiger partial charge in [0.25, 0.3) is 0 Å². The highest BCUT2D eigenvalue weighted by Crippen LogP contribution is 2.40. The maximum absolute atomic E-state index is 7.02. The van der Waals surface area contributed by atoms with Crippen molar-refractivity contribution in [3.63, 3.8) is 0 Å². The topological polar surface area (TPSA) is 39.5 Å². The maximum atomic E-state index is 7.02. The van der Waals surface area contributed by atoms with Gasteiger partial charge in [0.05, 0.1) is 19.9 Å². The predicted octanol–water partition coefficient (Wildman–Crippen LogP) is 8.26. The fourth-order valence-electron chi connectivity index (χ4n) is 5.99. The first kappa shape index (κ1) is 28.5. The molecule has 206 valence electrons. The molecule has 0 aliphatic carbocycles. The quantitative estimate of drug-likeness (QED) is 0.247. The number of ether oxygens (including phenoxy) is 2. The first-order valence-corrected chi connectivity index (χ1v) is 14.7. The van der Waals surface area contributed by atoms with Gasteiger partial charge in [-0.3, -0.25) is 4.90 Å². The molecule has 0 saturated carbocycles. The lowest BCUT2D eigenvalue weighted by Gasteiger charge is -2.41. The van der Waals surface area contributed by atoms with Crippen molar-refractivity contribution in [1.29, 1.82) is 0 Å². The molecule has 0 N–H and O–H groups in total. The highest BCUT2D eigenvalue weighted by Gasteiger charge is 2.32. The highest BCUT2D eigenvalue weighted by molar-refractivity contribution is 6.30. The van der Waals surface area contributed by atoms with E-state index in [1.54, 1.807) is 14.2 Å². The standard InChI is InChI=1S/C32H44ClN3O2/c1-7-10-19-35-27(31(33)34-32(35)30-23(8-2)14-12-15-24(30)9-3)21-36-22(4)13-11-16-26(36)25-17-18-28(37-5)29(20-25)38-6/h12,14-15,17-18,20,22,26H,7-11,13,16,19,21H2,1-6H3. The summed E-state index contributed by atoms with van der Waals surface area (Å²) in [6, 6.07) is 13.7. The van der Waals surface area contributed by atoms with Crippen molar-refractivity contribution >= 4 is 11.6 Å². The largest absolute Gasteiger partial charge is 0.493 e. The van der Waals surface area contributed by atoms with E-state index in [1.165, 1.54) is 35.1 Å². The van der Waals surface area contributed by atoms with Crippen LogP contribution < -0.4 is 9.47 Å². The van der Waals surface area contributed by atoms with Crippen LogP contribution in [0, 0.1) is 0 Å². The number of nitrogens with zero attached hydrogens (tertiary/aromatic N) is 3. The smallest absolute Gasteiger partial charge is 0.161 e. The third-order valence-corrected chi connectivity index (χ3v) is 8.47. The summed E-state index contributed by atoms with van der Waals surface area (Å²) in [5, 5.41) is 0.632. The minimum absolute atomic E-state index is 0.279. The Morgan fingerprint density at radius 2 is 1.68 bits per heavy atom. The third kappa shape index (κ3) is 5.74. The second-order valence-corrected chi connectivity index (χ2v) is 10.8. The molecule has 2 heterocycles. The second-order valence-electron chi connectivity index (χ2n) is 10.4. The Hall–Kier alpha value is -2.50. The molecule has 0 spiro atoms. The SMILES string of the molecule is CCCCn1c(-c2c(CC)cccc2CC)nc(Cl)c1CN1C(C)CCCC1c1ccc(OC)c(OC)c1. The number of unbranched alkanes of at least 4 members (excludes halogenated alkanes) is 1. The van der Waals surface area contributed by atoms with Gasteiger partial charge in [-0.05, 0) is 67.9 Å². The zero-order valence-electron chi connectivity index (χ0n) is 24.0. The van der Waals surface area contributed by atoms with Gasteiger partial charge in [-0.15, -0.1) is 0 Å². The molecule has 1 aliphatic rings. The van der Waals surface area contributed by atoms with Gasteiger partial charge in [-0.1, -0.05) is 69.5 Å². The third-order valence-electron chi connectivity index (χ3n) is 8.17. The van der Waals surface area contributed by atoms with Gasteiger partial charge in [-0.25, -0.2) is 4.98 Å². The Kier molecular flexibility index (Phi) is 9.78. The number of benzene rings is 2. The Bertz CT molecular complexity index is 1200. The molecule has 0 amide bonds. The van der Waals surface area contributed by atoms with Crippen LogP contribution in [0.4, 0.5) is 0 Å². The molecule has 2 atom stereocenters. The monoisotopic (exact) mass is 537 g/mol. The number of aryl methyl sites for hydroxylation is 2. The number of imidazole rings is 1. The molecule has 6 heteroatoms. The molecule has 38 heavy (non-hydrogen) atoms. The number of likely N-dealkylation sites (tertiary alicyclic amines) is 1. The van der Waals surface area contributed by atoms with Gasteiger partial charge in [0.2, 0.25) is 0 Å². The summed E-state index contributed by atoms with van der Waals surface area (Å²) in [5.74, 6) is 2.57. The van der Waals surface area contributed by atoms with Crippen molar-refractivity contribution in [3.8, 4) is 22.9 Å². The van der Waals surface area contributed by atoms with E-state index in [1.807, 2.05) is 6.07 Å². The molecule has 1 aromatic heterocycles. The van der Waals surface area contributed by atoms with Crippen molar-refractivity contribution in [1.82, 2.24) is 14.5 Å². The van der Waals surface area contributed by atoms with Crippen LogP contribution in [0.15, 0.2) is 36.4 Å².